The number of hydrogen-bond acceptors (Lipinski definition) is 5. The highest BCUT2D eigenvalue weighted by Crippen LogP contribution is 2.23. The third-order valence-electron chi connectivity index (χ3n) is 3.47. The smallest absolute Gasteiger partial charge is 0.336 e. The second-order valence-electron chi connectivity index (χ2n) is 5.11. The average Bonchev–Trinajstić information content (AvgIpc) is 2.56. The van der Waals surface area contributed by atoms with Crippen LogP contribution in [-0.2, 0) is 16.0 Å². The van der Waals surface area contributed by atoms with Crippen LogP contribution in [-0.4, -0.2) is 45.8 Å². The van der Waals surface area contributed by atoms with Crippen molar-refractivity contribution < 1.29 is 39.2 Å². The molecule has 0 spiro atoms. The fourth-order valence-electron chi connectivity index (χ4n) is 2.34. The molecule has 0 aliphatic carbocycles. The van der Waals surface area contributed by atoms with Gasteiger partial charge in [-0.05, 0) is 43.4 Å². The van der Waals surface area contributed by atoms with Gasteiger partial charge in [0.25, 0.3) is 0 Å². The van der Waals surface area contributed by atoms with E-state index >= 15 is 0 Å². The van der Waals surface area contributed by atoms with Gasteiger partial charge in [0.1, 0.15) is 0 Å². The number of hydrogen-bond donors (Lipinski definition) is 3. The maximum atomic E-state index is 11.4. The lowest BCUT2D eigenvalue weighted by molar-refractivity contribution is -0.137. The van der Waals surface area contributed by atoms with Crippen LogP contribution in [0.5, 0.6) is 0 Å². The lowest BCUT2D eigenvalue weighted by Gasteiger charge is -2.12. The van der Waals surface area contributed by atoms with Crippen molar-refractivity contribution >= 4 is 23.9 Å². The van der Waals surface area contributed by atoms with Crippen LogP contribution in [0.1, 0.15) is 55.9 Å². The third-order valence-corrected chi connectivity index (χ3v) is 3.47. The summed E-state index contributed by atoms with van der Waals surface area (Å²) in [6.45, 7) is 3.42. The van der Waals surface area contributed by atoms with E-state index in [9.17, 15) is 29.4 Å². The predicted molar refractivity (Wildman–Crippen MR) is 86.0 cm³/mol. The largest absolute Gasteiger partial charge is 0.478 e. The molecule has 0 unspecified atom stereocenters. The van der Waals surface area contributed by atoms with Crippen molar-refractivity contribution in [1.82, 2.24) is 0 Å². The monoisotopic (exact) mass is 350 g/mol. The summed E-state index contributed by atoms with van der Waals surface area (Å²) < 4.78 is 4.80. The van der Waals surface area contributed by atoms with E-state index in [-0.39, 0.29) is 24.2 Å². The summed E-state index contributed by atoms with van der Waals surface area (Å²) in [6, 6.07) is 2.08. The molecule has 0 radical (unpaired) electrons. The minimum Gasteiger partial charge on any atom is -0.478 e. The molecule has 3 N–H and O–H groups in total. The predicted octanol–water partition coefficient (Wildman–Crippen LogP) is 2.22. The molecule has 0 aliphatic rings. The maximum Gasteiger partial charge on any atom is 0.336 e. The molecule has 0 fully saturated rings. The molecule has 25 heavy (non-hydrogen) atoms. The molecule has 134 valence electrons. The molecule has 0 saturated carbocycles. The molecule has 1 aromatic rings. The van der Waals surface area contributed by atoms with Crippen molar-refractivity contribution in [2.75, 3.05) is 6.61 Å². The minimum absolute atomic E-state index is 0.0250. The Balaban J connectivity index is 2.92. The molecular formula is C17H18O8. The van der Waals surface area contributed by atoms with Gasteiger partial charge in [0, 0.05) is 6.08 Å². The van der Waals surface area contributed by atoms with Crippen LogP contribution in [0, 0.1) is 0 Å². The lowest BCUT2D eigenvalue weighted by Crippen LogP contribution is -2.16. The van der Waals surface area contributed by atoms with E-state index in [1.165, 1.54) is 0 Å². The van der Waals surface area contributed by atoms with Gasteiger partial charge in [0.2, 0.25) is 0 Å². The first-order valence-corrected chi connectivity index (χ1v) is 7.44. The van der Waals surface area contributed by atoms with Gasteiger partial charge >= 0.3 is 23.9 Å². The topological polar surface area (TPSA) is 138 Å². The molecule has 1 rings (SSSR count). The second kappa shape index (κ2) is 9.21. The number of rotatable bonds is 10. The van der Waals surface area contributed by atoms with Gasteiger partial charge in [0.15, 0.2) is 0 Å². The van der Waals surface area contributed by atoms with Crippen molar-refractivity contribution in [2.24, 2.45) is 0 Å². The van der Waals surface area contributed by atoms with Crippen LogP contribution in [0.4, 0.5) is 0 Å². The van der Waals surface area contributed by atoms with E-state index in [1.54, 1.807) is 0 Å². The molecule has 0 amide bonds. The molecule has 8 nitrogen and oxygen atoms in total. The van der Waals surface area contributed by atoms with E-state index in [4.69, 9.17) is 9.84 Å². The van der Waals surface area contributed by atoms with E-state index in [1.807, 2.05) is 0 Å². The zero-order valence-corrected chi connectivity index (χ0v) is 13.4. The summed E-state index contributed by atoms with van der Waals surface area (Å²) in [5.41, 5.74) is -1.22. The number of carboxylic acids is 3. The summed E-state index contributed by atoms with van der Waals surface area (Å²) in [6.07, 6.45) is 2.58. The van der Waals surface area contributed by atoms with Crippen LogP contribution in [0.2, 0.25) is 0 Å². The zero-order chi connectivity index (χ0) is 19.0. The van der Waals surface area contributed by atoms with Crippen molar-refractivity contribution in [3.63, 3.8) is 0 Å². The highest BCUT2D eigenvalue weighted by atomic mass is 16.5. The Labute approximate surface area is 143 Å². The fourth-order valence-corrected chi connectivity index (χ4v) is 2.34. The molecule has 0 aliphatic heterocycles. The normalized spacial score (nSPS) is 10.1. The standard InChI is InChI=1S/C17H18O8/c1-2-13(18)25-9-5-3-4-6-10-11(15(19)20)7-8-12(16(21)22)14(10)17(23)24/h2,7-8H,1,3-6,9H2,(H,19,20)(H,21,22)(H,23,24). The lowest BCUT2D eigenvalue weighted by atomic mass is 9.92. The molecule has 0 heterocycles. The van der Waals surface area contributed by atoms with Gasteiger partial charge in [-0.25, -0.2) is 19.2 Å². The summed E-state index contributed by atoms with van der Waals surface area (Å²) in [5.74, 6) is -4.80. The molecule has 8 heteroatoms. The van der Waals surface area contributed by atoms with Gasteiger partial charge in [-0.2, -0.15) is 0 Å². The average molecular weight is 350 g/mol. The number of aromatic carboxylic acids is 3. The van der Waals surface area contributed by atoms with Gasteiger partial charge in [-0.1, -0.05) is 6.58 Å². The molecule has 1 aromatic carbocycles. The maximum absolute atomic E-state index is 11.4. The molecule has 0 aromatic heterocycles. The highest BCUT2D eigenvalue weighted by Gasteiger charge is 2.24. The quantitative estimate of drug-likeness (QED) is 0.332. The summed E-state index contributed by atoms with van der Waals surface area (Å²) in [7, 11) is 0. The number of carbonyl (C=O) groups excluding carboxylic acids is 1. The molecule has 0 saturated heterocycles. The molecule has 0 atom stereocenters. The zero-order valence-electron chi connectivity index (χ0n) is 13.4. The number of carboxylic acid groups (broad SMARTS) is 3. The SMILES string of the molecule is C=CC(=O)OCCCCCc1c(C(=O)O)ccc(C(=O)O)c1C(=O)O. The first-order valence-electron chi connectivity index (χ1n) is 7.44. The Hall–Kier alpha value is -3.16. The van der Waals surface area contributed by atoms with E-state index in [2.05, 4.69) is 6.58 Å². The van der Waals surface area contributed by atoms with Crippen LogP contribution in [0.15, 0.2) is 24.8 Å². The van der Waals surface area contributed by atoms with Crippen molar-refractivity contribution in [3.8, 4) is 0 Å². The van der Waals surface area contributed by atoms with Gasteiger partial charge in [0.05, 0.1) is 23.3 Å². The summed E-state index contributed by atoms with van der Waals surface area (Å²) in [4.78, 5) is 44.8. The van der Waals surface area contributed by atoms with Crippen molar-refractivity contribution in [1.29, 1.82) is 0 Å². The number of esters is 1. The van der Waals surface area contributed by atoms with Crippen LogP contribution in [0.3, 0.4) is 0 Å². The van der Waals surface area contributed by atoms with E-state index in [0.29, 0.717) is 19.3 Å². The van der Waals surface area contributed by atoms with Crippen molar-refractivity contribution in [3.05, 3.63) is 47.0 Å². The number of unbranched alkanes of at least 4 members (excludes halogenated alkanes) is 2. The van der Waals surface area contributed by atoms with Crippen molar-refractivity contribution in [2.45, 2.75) is 25.7 Å². The summed E-state index contributed by atoms with van der Waals surface area (Å²) in [5, 5.41) is 27.6. The number of ether oxygens (including phenoxy) is 1. The third kappa shape index (κ3) is 5.45. The Kier molecular flexibility index (Phi) is 7.33. The first kappa shape index (κ1) is 19.9. The molecular weight excluding hydrogens is 332 g/mol. The molecule has 0 bridgehead atoms. The highest BCUT2D eigenvalue weighted by molar-refractivity contribution is 6.05. The minimum atomic E-state index is -1.49. The summed E-state index contributed by atoms with van der Waals surface area (Å²) >= 11 is 0. The Bertz CT molecular complexity index is 705. The van der Waals surface area contributed by atoms with Crippen LogP contribution in [0.25, 0.3) is 0 Å². The van der Waals surface area contributed by atoms with Crippen LogP contribution < -0.4 is 0 Å². The van der Waals surface area contributed by atoms with E-state index in [0.717, 1.165) is 18.2 Å². The fraction of sp³-hybridized carbons (Fsp3) is 0.294. The van der Waals surface area contributed by atoms with E-state index < -0.39 is 35.0 Å². The Morgan fingerprint density at radius 3 is 2.04 bits per heavy atom. The Morgan fingerprint density at radius 2 is 1.52 bits per heavy atom. The van der Waals surface area contributed by atoms with Gasteiger partial charge in [-0.3, -0.25) is 0 Å². The Morgan fingerprint density at radius 1 is 0.920 bits per heavy atom. The van der Waals surface area contributed by atoms with Crippen LogP contribution >= 0.6 is 0 Å². The van der Waals surface area contributed by atoms with Gasteiger partial charge in [-0.15, -0.1) is 0 Å². The second-order valence-corrected chi connectivity index (χ2v) is 5.11. The number of benzene rings is 1. The first-order chi connectivity index (χ1) is 11.8. The van der Waals surface area contributed by atoms with Gasteiger partial charge < -0.3 is 20.1 Å². The number of carbonyl (C=O) groups is 4.